The van der Waals surface area contributed by atoms with E-state index in [1.807, 2.05) is 29.2 Å². The second-order valence-corrected chi connectivity index (χ2v) is 6.19. The van der Waals surface area contributed by atoms with Crippen LogP contribution in [0.4, 0.5) is 11.4 Å². The Morgan fingerprint density at radius 2 is 1.56 bits per heavy atom. The second kappa shape index (κ2) is 8.44. The number of amides is 2. The Balaban J connectivity index is 1.64. The molecule has 7 nitrogen and oxygen atoms in total. The lowest BCUT2D eigenvalue weighted by atomic mass is 10.1. The first-order valence-electron chi connectivity index (χ1n) is 8.72. The summed E-state index contributed by atoms with van der Waals surface area (Å²) in [5.74, 6) is 1.16. The Kier molecular flexibility index (Phi) is 5.80. The molecule has 2 amide bonds. The molecule has 0 atom stereocenters. The summed E-state index contributed by atoms with van der Waals surface area (Å²) < 4.78 is 10.5. The summed E-state index contributed by atoms with van der Waals surface area (Å²) in [6, 6.07) is 12.9. The fourth-order valence-electron chi connectivity index (χ4n) is 3.12. The molecule has 0 radical (unpaired) electrons. The van der Waals surface area contributed by atoms with Crippen LogP contribution in [0.3, 0.4) is 0 Å². The molecule has 2 aromatic rings. The summed E-state index contributed by atoms with van der Waals surface area (Å²) in [5, 5.41) is 2.62. The maximum absolute atomic E-state index is 12.9. The summed E-state index contributed by atoms with van der Waals surface area (Å²) >= 11 is 0. The van der Waals surface area contributed by atoms with Crippen molar-refractivity contribution in [2.75, 3.05) is 50.6 Å². The lowest BCUT2D eigenvalue weighted by Crippen LogP contribution is -2.48. The normalized spacial score (nSPS) is 13.9. The van der Waals surface area contributed by atoms with E-state index in [2.05, 4.69) is 10.2 Å². The molecule has 1 fully saturated rings. The molecule has 0 bridgehead atoms. The van der Waals surface area contributed by atoms with Gasteiger partial charge in [-0.1, -0.05) is 0 Å². The Morgan fingerprint density at radius 1 is 0.963 bits per heavy atom. The average Bonchev–Trinajstić information content (AvgIpc) is 2.73. The highest BCUT2D eigenvalue weighted by molar-refractivity contribution is 5.95. The van der Waals surface area contributed by atoms with Crippen molar-refractivity contribution in [3.63, 3.8) is 0 Å². The molecule has 0 aromatic heterocycles. The van der Waals surface area contributed by atoms with Crippen LogP contribution in [0.5, 0.6) is 11.5 Å². The Morgan fingerprint density at radius 3 is 2.07 bits per heavy atom. The molecular formula is C20H23N3O4. The number of nitrogens with one attached hydrogen (secondary N) is 1. The summed E-state index contributed by atoms with van der Waals surface area (Å²) in [6.45, 7) is 2.75. The molecule has 1 heterocycles. The van der Waals surface area contributed by atoms with Gasteiger partial charge in [-0.25, -0.2) is 0 Å². The summed E-state index contributed by atoms with van der Waals surface area (Å²) in [6.07, 6.45) is 0.660. The minimum atomic E-state index is -0.0302. The molecule has 0 saturated carbocycles. The quantitative estimate of drug-likeness (QED) is 0.791. The molecule has 0 unspecified atom stereocenters. The number of ether oxygens (including phenoxy) is 2. The van der Waals surface area contributed by atoms with Crippen molar-refractivity contribution in [2.24, 2.45) is 0 Å². The number of carbonyl (C=O) groups is 2. The van der Waals surface area contributed by atoms with Gasteiger partial charge in [0.05, 0.1) is 14.2 Å². The van der Waals surface area contributed by atoms with E-state index in [4.69, 9.17) is 9.47 Å². The van der Waals surface area contributed by atoms with Crippen LogP contribution in [0.25, 0.3) is 0 Å². The predicted octanol–water partition coefficient (Wildman–Crippen LogP) is 2.23. The monoisotopic (exact) mass is 369 g/mol. The fourth-order valence-corrected chi connectivity index (χ4v) is 3.12. The number of carbonyl (C=O) groups excluding carboxylic acids is 2. The molecule has 27 heavy (non-hydrogen) atoms. The number of piperazine rings is 1. The molecule has 3 rings (SSSR count). The average molecular weight is 369 g/mol. The van der Waals surface area contributed by atoms with Crippen molar-refractivity contribution in [1.29, 1.82) is 0 Å². The maximum atomic E-state index is 12.9. The smallest absolute Gasteiger partial charge is 0.254 e. The highest BCUT2D eigenvalue weighted by Gasteiger charge is 2.23. The van der Waals surface area contributed by atoms with Crippen molar-refractivity contribution >= 4 is 23.7 Å². The van der Waals surface area contributed by atoms with Gasteiger partial charge in [-0.05, 0) is 36.4 Å². The number of benzene rings is 2. The van der Waals surface area contributed by atoms with Crippen molar-refractivity contribution in [3.05, 3.63) is 48.0 Å². The van der Waals surface area contributed by atoms with Gasteiger partial charge in [-0.2, -0.15) is 0 Å². The fraction of sp³-hybridized carbons (Fsp3) is 0.300. The van der Waals surface area contributed by atoms with Crippen molar-refractivity contribution in [2.45, 2.75) is 0 Å². The van der Waals surface area contributed by atoms with E-state index >= 15 is 0 Å². The number of nitrogens with zero attached hydrogens (tertiary/aromatic N) is 2. The minimum absolute atomic E-state index is 0.0302. The van der Waals surface area contributed by atoms with E-state index < -0.39 is 0 Å². The van der Waals surface area contributed by atoms with E-state index in [1.165, 1.54) is 0 Å². The van der Waals surface area contributed by atoms with Gasteiger partial charge in [-0.3, -0.25) is 9.59 Å². The molecule has 1 aliphatic rings. The minimum Gasteiger partial charge on any atom is -0.497 e. The van der Waals surface area contributed by atoms with Crippen LogP contribution in [-0.2, 0) is 4.79 Å². The topological polar surface area (TPSA) is 71.1 Å². The van der Waals surface area contributed by atoms with E-state index in [0.717, 1.165) is 24.5 Å². The molecule has 0 aliphatic carbocycles. The third kappa shape index (κ3) is 4.31. The van der Waals surface area contributed by atoms with Gasteiger partial charge in [0.15, 0.2) is 0 Å². The zero-order valence-electron chi connectivity index (χ0n) is 15.5. The van der Waals surface area contributed by atoms with Crippen LogP contribution < -0.4 is 19.7 Å². The van der Waals surface area contributed by atoms with Crippen molar-refractivity contribution in [1.82, 2.24) is 4.90 Å². The van der Waals surface area contributed by atoms with Crippen molar-refractivity contribution < 1.29 is 19.1 Å². The van der Waals surface area contributed by atoms with Crippen LogP contribution in [0, 0.1) is 0 Å². The second-order valence-electron chi connectivity index (χ2n) is 6.19. The van der Waals surface area contributed by atoms with Crippen LogP contribution >= 0.6 is 0 Å². The summed E-state index contributed by atoms with van der Waals surface area (Å²) in [7, 11) is 3.13. The third-order valence-corrected chi connectivity index (χ3v) is 4.62. The van der Waals surface area contributed by atoms with Gasteiger partial charge in [0.2, 0.25) is 6.41 Å². The van der Waals surface area contributed by atoms with Crippen LogP contribution in [-0.4, -0.2) is 57.6 Å². The van der Waals surface area contributed by atoms with Gasteiger partial charge >= 0.3 is 0 Å². The first kappa shape index (κ1) is 18.6. The highest BCUT2D eigenvalue weighted by Crippen LogP contribution is 2.24. The maximum Gasteiger partial charge on any atom is 0.254 e. The molecule has 142 valence electrons. The van der Waals surface area contributed by atoms with E-state index in [9.17, 15) is 9.59 Å². The van der Waals surface area contributed by atoms with Crippen LogP contribution in [0.15, 0.2) is 42.5 Å². The Hall–Kier alpha value is -3.22. The van der Waals surface area contributed by atoms with Crippen molar-refractivity contribution in [3.8, 4) is 11.5 Å². The molecule has 2 aromatic carbocycles. The Labute approximate surface area is 158 Å². The number of anilines is 2. The van der Waals surface area contributed by atoms with Crippen LogP contribution in [0.2, 0.25) is 0 Å². The molecule has 1 N–H and O–H groups in total. The van der Waals surface area contributed by atoms with E-state index in [0.29, 0.717) is 36.6 Å². The van der Waals surface area contributed by atoms with Crippen LogP contribution in [0.1, 0.15) is 10.4 Å². The standard InChI is InChI=1S/C20H23N3O4/c1-26-18-11-15(12-19(13-18)27-2)20(25)23-9-7-22(8-10-23)17-5-3-16(4-6-17)21-14-24/h3-6,11-14H,7-10H2,1-2H3,(H,21,24). The van der Waals surface area contributed by atoms with Gasteiger partial charge in [-0.15, -0.1) is 0 Å². The first-order valence-corrected chi connectivity index (χ1v) is 8.72. The van der Waals surface area contributed by atoms with Gasteiger partial charge < -0.3 is 24.6 Å². The highest BCUT2D eigenvalue weighted by atomic mass is 16.5. The summed E-state index contributed by atoms with van der Waals surface area (Å²) in [5.41, 5.74) is 2.39. The largest absolute Gasteiger partial charge is 0.497 e. The number of methoxy groups -OCH3 is 2. The molecule has 7 heteroatoms. The summed E-state index contributed by atoms with van der Waals surface area (Å²) in [4.78, 5) is 27.4. The molecule has 1 aliphatic heterocycles. The third-order valence-electron chi connectivity index (χ3n) is 4.62. The number of hydrogen-bond acceptors (Lipinski definition) is 5. The number of rotatable bonds is 6. The van der Waals surface area contributed by atoms with Gasteiger partial charge in [0.1, 0.15) is 11.5 Å². The van der Waals surface area contributed by atoms with Gasteiger partial charge in [0.25, 0.3) is 5.91 Å². The van der Waals surface area contributed by atoms with E-state index in [-0.39, 0.29) is 5.91 Å². The molecule has 0 spiro atoms. The zero-order valence-corrected chi connectivity index (χ0v) is 15.5. The zero-order chi connectivity index (χ0) is 19.2. The lowest BCUT2D eigenvalue weighted by molar-refractivity contribution is -0.105. The SMILES string of the molecule is COc1cc(OC)cc(C(=O)N2CCN(c3ccc(NC=O)cc3)CC2)c1. The Bertz CT molecular complexity index is 777. The molecular weight excluding hydrogens is 346 g/mol. The van der Waals surface area contributed by atoms with Gasteiger partial charge in [0, 0.05) is 49.2 Å². The van der Waals surface area contributed by atoms with E-state index in [1.54, 1.807) is 32.4 Å². The lowest BCUT2D eigenvalue weighted by Gasteiger charge is -2.36. The molecule has 1 saturated heterocycles. The first-order chi connectivity index (χ1) is 13.1. The predicted molar refractivity (Wildman–Crippen MR) is 104 cm³/mol. The number of hydrogen-bond donors (Lipinski definition) is 1.